The van der Waals surface area contributed by atoms with Crippen LogP contribution in [0.2, 0.25) is 5.02 Å². The van der Waals surface area contributed by atoms with Crippen LogP contribution in [-0.2, 0) is 16.1 Å². The summed E-state index contributed by atoms with van der Waals surface area (Å²) in [6.45, 7) is 4.95. The monoisotopic (exact) mass is 553 g/mol. The first kappa shape index (κ1) is 26.8. The molecule has 0 bridgehead atoms. The number of benzene rings is 2. The van der Waals surface area contributed by atoms with E-state index in [2.05, 4.69) is 5.32 Å². The van der Waals surface area contributed by atoms with Crippen molar-refractivity contribution >= 4 is 41.2 Å². The third-order valence-electron chi connectivity index (χ3n) is 7.44. The Morgan fingerprint density at radius 1 is 0.923 bits per heavy atom. The molecule has 3 aliphatic rings. The molecule has 206 valence electrons. The molecular weight excluding hydrogens is 522 g/mol. The summed E-state index contributed by atoms with van der Waals surface area (Å²) >= 11 is 6.70. The zero-order valence-corrected chi connectivity index (χ0v) is 22.7. The maximum absolute atomic E-state index is 13.0. The van der Waals surface area contributed by atoms with E-state index in [-0.39, 0.29) is 5.91 Å². The maximum Gasteiger partial charge on any atom is 0.434 e. The highest BCUT2D eigenvalue weighted by Gasteiger charge is 2.42. The summed E-state index contributed by atoms with van der Waals surface area (Å²) in [7, 11) is 0. The van der Waals surface area contributed by atoms with Gasteiger partial charge in [0.25, 0.3) is 11.8 Å². The lowest BCUT2D eigenvalue weighted by Crippen LogP contribution is -2.51. The summed E-state index contributed by atoms with van der Waals surface area (Å²) < 4.78 is 0. The van der Waals surface area contributed by atoms with Crippen molar-refractivity contribution in [3.63, 3.8) is 0 Å². The van der Waals surface area contributed by atoms with Crippen LogP contribution in [0, 0.1) is 6.92 Å². The van der Waals surface area contributed by atoms with Crippen molar-refractivity contribution in [2.45, 2.75) is 38.6 Å². The summed E-state index contributed by atoms with van der Waals surface area (Å²) in [6.07, 6.45) is 2.67. The molecule has 0 aliphatic carbocycles. The van der Waals surface area contributed by atoms with Crippen LogP contribution >= 0.6 is 11.6 Å². The van der Waals surface area contributed by atoms with Gasteiger partial charge in [0.2, 0.25) is 0 Å². The van der Waals surface area contributed by atoms with Crippen LogP contribution in [-0.4, -0.2) is 84.1 Å². The van der Waals surface area contributed by atoms with Gasteiger partial charge in [-0.2, -0.15) is 0 Å². The summed E-state index contributed by atoms with van der Waals surface area (Å²) in [5.74, 6) is -0.660. The topological polar surface area (TPSA) is 102 Å². The fourth-order valence-corrected chi connectivity index (χ4v) is 5.48. The van der Waals surface area contributed by atoms with Gasteiger partial charge in [0.15, 0.2) is 0 Å². The number of hydrogen-bond acceptors (Lipinski definition) is 6. The molecule has 0 aromatic heterocycles. The summed E-state index contributed by atoms with van der Waals surface area (Å²) in [6, 6.07) is 11.5. The van der Waals surface area contributed by atoms with E-state index in [4.69, 9.17) is 16.4 Å². The zero-order chi connectivity index (χ0) is 27.5. The molecule has 2 aromatic rings. The predicted octanol–water partition coefficient (Wildman–Crippen LogP) is 3.61. The Kier molecular flexibility index (Phi) is 7.92. The van der Waals surface area contributed by atoms with Gasteiger partial charge in [0.05, 0.1) is 16.3 Å². The average molecular weight is 554 g/mol. The number of halogens is 1. The van der Waals surface area contributed by atoms with Gasteiger partial charge in [0, 0.05) is 45.7 Å². The molecule has 0 unspecified atom stereocenters. The lowest BCUT2D eigenvalue weighted by molar-refractivity contribution is -0.151. The first-order chi connectivity index (χ1) is 18.8. The number of likely N-dealkylation sites (tertiary alicyclic amines) is 1. The van der Waals surface area contributed by atoms with Crippen molar-refractivity contribution in [3.8, 4) is 0 Å². The van der Waals surface area contributed by atoms with Gasteiger partial charge in [0.1, 0.15) is 6.04 Å². The quantitative estimate of drug-likeness (QED) is 0.568. The zero-order valence-electron chi connectivity index (χ0n) is 21.9. The van der Waals surface area contributed by atoms with Gasteiger partial charge in [-0.15, -0.1) is 0 Å². The van der Waals surface area contributed by atoms with E-state index in [1.807, 2.05) is 53.1 Å². The van der Waals surface area contributed by atoms with Crippen LogP contribution in [0.25, 0.3) is 0 Å². The van der Waals surface area contributed by atoms with Crippen molar-refractivity contribution in [1.82, 2.24) is 20.2 Å². The number of hydrogen-bond donors (Lipinski definition) is 1. The van der Waals surface area contributed by atoms with Gasteiger partial charge in [-0.1, -0.05) is 52.6 Å². The van der Waals surface area contributed by atoms with Crippen LogP contribution in [0.4, 0.5) is 15.3 Å². The number of urea groups is 1. The van der Waals surface area contributed by atoms with Crippen molar-refractivity contribution in [2.24, 2.45) is 0 Å². The number of carbonyl (C=O) groups is 4. The minimum absolute atomic E-state index is 0.0574. The molecule has 11 heteroatoms. The Hall–Kier alpha value is -3.79. The van der Waals surface area contributed by atoms with E-state index in [0.29, 0.717) is 48.2 Å². The number of carbonyl (C=O) groups excluding carboxylic acids is 4. The summed E-state index contributed by atoms with van der Waals surface area (Å²) in [4.78, 5) is 61.5. The predicted molar refractivity (Wildman–Crippen MR) is 146 cm³/mol. The molecule has 3 heterocycles. The van der Waals surface area contributed by atoms with Crippen LogP contribution in [0.3, 0.4) is 0 Å². The van der Waals surface area contributed by atoms with Crippen molar-refractivity contribution in [2.75, 3.05) is 44.2 Å². The highest BCUT2D eigenvalue weighted by molar-refractivity contribution is 6.36. The standard InChI is InChI=1S/C28H32ClN5O5/c1-19-8-10-20(11-9-19)18-22-26(36)34(27(37)30-22)39-28(38)33-16-14-31(15-17-33)23-7-5-6-21(24(23)29)25(35)32-12-3-2-4-13-32/h5-11,22H,2-4,12-18H2,1H3,(H,30,37)/t22-/m0/s1. The van der Waals surface area contributed by atoms with Crippen LogP contribution < -0.4 is 10.2 Å². The fraction of sp³-hybridized carbons (Fsp3) is 0.429. The van der Waals surface area contributed by atoms with Crippen LogP contribution in [0.1, 0.15) is 40.7 Å². The molecule has 3 saturated heterocycles. The van der Waals surface area contributed by atoms with Crippen LogP contribution in [0.15, 0.2) is 42.5 Å². The molecular formula is C28H32ClN5O5. The van der Waals surface area contributed by atoms with E-state index in [1.54, 1.807) is 6.07 Å². The number of imide groups is 1. The Labute approximate surface area is 232 Å². The van der Waals surface area contributed by atoms with Gasteiger partial charge < -0.3 is 24.9 Å². The molecule has 10 nitrogen and oxygen atoms in total. The largest absolute Gasteiger partial charge is 0.434 e. The number of piperidine rings is 1. The number of nitrogens with zero attached hydrogens (tertiary/aromatic N) is 4. The molecule has 0 radical (unpaired) electrons. The molecule has 2 aromatic carbocycles. The summed E-state index contributed by atoms with van der Waals surface area (Å²) in [5, 5.41) is 3.51. The minimum atomic E-state index is -0.799. The number of aryl methyl sites for hydroxylation is 1. The lowest BCUT2D eigenvalue weighted by atomic mass is 10.0. The molecule has 5 rings (SSSR count). The maximum atomic E-state index is 13.0. The van der Waals surface area contributed by atoms with E-state index in [1.165, 1.54) is 4.90 Å². The van der Waals surface area contributed by atoms with E-state index >= 15 is 0 Å². The van der Waals surface area contributed by atoms with Gasteiger partial charge in [-0.3, -0.25) is 9.59 Å². The third-order valence-corrected chi connectivity index (χ3v) is 7.84. The van der Waals surface area contributed by atoms with E-state index < -0.39 is 24.1 Å². The molecule has 0 saturated carbocycles. The van der Waals surface area contributed by atoms with E-state index in [0.717, 1.165) is 49.2 Å². The van der Waals surface area contributed by atoms with Crippen LogP contribution in [0.5, 0.6) is 0 Å². The lowest BCUT2D eigenvalue weighted by Gasteiger charge is -2.36. The number of hydroxylamine groups is 2. The smallest absolute Gasteiger partial charge is 0.367 e. The van der Waals surface area contributed by atoms with Crippen molar-refractivity contribution in [1.29, 1.82) is 0 Å². The molecule has 0 spiro atoms. The Bertz CT molecular complexity index is 1260. The van der Waals surface area contributed by atoms with Gasteiger partial charge in [-0.25, -0.2) is 9.59 Å². The average Bonchev–Trinajstić information content (AvgIpc) is 3.21. The second-order valence-electron chi connectivity index (χ2n) is 10.1. The SMILES string of the molecule is Cc1ccc(C[C@@H]2NC(=O)N(OC(=O)N3CCN(c4cccc(C(=O)N5CCCCC5)c4Cl)CC3)C2=O)cc1. The Balaban J connectivity index is 1.16. The first-order valence-corrected chi connectivity index (χ1v) is 13.7. The van der Waals surface area contributed by atoms with Crippen molar-refractivity contribution < 1.29 is 24.0 Å². The number of piperazine rings is 1. The number of rotatable bonds is 5. The highest BCUT2D eigenvalue weighted by Crippen LogP contribution is 2.31. The Morgan fingerprint density at radius 3 is 2.31 bits per heavy atom. The van der Waals surface area contributed by atoms with Gasteiger partial charge in [-0.05, 0) is 43.9 Å². The molecule has 5 amide bonds. The fourth-order valence-electron chi connectivity index (χ4n) is 5.16. The third kappa shape index (κ3) is 5.80. The van der Waals surface area contributed by atoms with Crippen molar-refractivity contribution in [3.05, 3.63) is 64.2 Å². The van der Waals surface area contributed by atoms with Gasteiger partial charge >= 0.3 is 12.1 Å². The number of amides is 5. The molecule has 1 N–H and O–H groups in total. The second-order valence-corrected chi connectivity index (χ2v) is 10.5. The Morgan fingerprint density at radius 2 is 1.62 bits per heavy atom. The number of anilines is 1. The summed E-state index contributed by atoms with van der Waals surface area (Å²) in [5.41, 5.74) is 3.21. The second kappa shape index (κ2) is 11.5. The van der Waals surface area contributed by atoms with E-state index in [9.17, 15) is 19.2 Å². The minimum Gasteiger partial charge on any atom is -0.367 e. The molecule has 3 fully saturated rings. The molecule has 1 atom stereocenters. The molecule has 3 aliphatic heterocycles. The molecule has 39 heavy (non-hydrogen) atoms. The first-order valence-electron chi connectivity index (χ1n) is 13.3. The number of nitrogens with one attached hydrogen (secondary N) is 1. The normalized spacial score (nSPS) is 19.8. The highest BCUT2D eigenvalue weighted by atomic mass is 35.5.